The van der Waals surface area contributed by atoms with Crippen LogP contribution < -0.4 is 15.6 Å². The molecule has 0 saturated carbocycles. The van der Waals surface area contributed by atoms with Crippen molar-refractivity contribution in [2.75, 3.05) is 6.61 Å². The van der Waals surface area contributed by atoms with Gasteiger partial charge in [-0.25, -0.2) is 0 Å². The molecule has 1 aromatic heterocycles. The first kappa shape index (κ1) is 18.3. The molecule has 6 heteroatoms. The van der Waals surface area contributed by atoms with Gasteiger partial charge in [-0.2, -0.15) is 0 Å². The second-order valence-electron chi connectivity index (χ2n) is 5.87. The summed E-state index contributed by atoms with van der Waals surface area (Å²) in [6.45, 7) is 5.89. The Morgan fingerprint density at radius 3 is 2.72 bits per heavy atom. The second kappa shape index (κ2) is 8.73. The summed E-state index contributed by atoms with van der Waals surface area (Å²) in [5.74, 6) is 0.587. The maximum Gasteiger partial charge on any atom is 0.276 e. The van der Waals surface area contributed by atoms with Crippen molar-refractivity contribution in [2.24, 2.45) is 0 Å². The number of aryl methyl sites for hydroxylation is 1. The molecule has 25 heavy (non-hydrogen) atoms. The van der Waals surface area contributed by atoms with Crippen molar-refractivity contribution in [1.82, 2.24) is 10.9 Å². The van der Waals surface area contributed by atoms with Crippen molar-refractivity contribution in [3.8, 4) is 5.75 Å². The zero-order valence-corrected chi connectivity index (χ0v) is 14.5. The smallest absolute Gasteiger partial charge is 0.276 e. The summed E-state index contributed by atoms with van der Waals surface area (Å²) in [7, 11) is 0. The molecule has 0 atom stereocenters. The number of hydrazine groups is 1. The number of hydrogen-bond acceptors (Lipinski definition) is 4. The van der Waals surface area contributed by atoms with Crippen LogP contribution in [-0.2, 0) is 9.59 Å². The van der Waals surface area contributed by atoms with Crippen LogP contribution in [0.5, 0.6) is 5.75 Å². The minimum absolute atomic E-state index is 0.189. The number of hydrogen-bond donors (Lipinski definition) is 2. The molecule has 0 spiro atoms. The monoisotopic (exact) mass is 342 g/mol. The molecule has 0 aliphatic carbocycles. The van der Waals surface area contributed by atoms with Gasteiger partial charge in [0.1, 0.15) is 11.5 Å². The van der Waals surface area contributed by atoms with Crippen molar-refractivity contribution in [3.05, 3.63) is 59.6 Å². The van der Waals surface area contributed by atoms with Gasteiger partial charge in [-0.3, -0.25) is 20.4 Å². The van der Waals surface area contributed by atoms with Crippen LogP contribution in [0.3, 0.4) is 0 Å². The fourth-order valence-electron chi connectivity index (χ4n) is 2.14. The van der Waals surface area contributed by atoms with E-state index in [9.17, 15) is 9.59 Å². The third kappa shape index (κ3) is 5.84. The first-order valence-electron chi connectivity index (χ1n) is 7.99. The highest BCUT2D eigenvalue weighted by Crippen LogP contribution is 2.27. The van der Waals surface area contributed by atoms with E-state index in [1.54, 1.807) is 12.1 Å². The highest BCUT2D eigenvalue weighted by molar-refractivity contribution is 5.92. The van der Waals surface area contributed by atoms with E-state index in [0.29, 0.717) is 11.5 Å². The van der Waals surface area contributed by atoms with Crippen LogP contribution in [0.2, 0.25) is 0 Å². The fourth-order valence-corrected chi connectivity index (χ4v) is 2.14. The Morgan fingerprint density at radius 1 is 1.24 bits per heavy atom. The normalized spacial score (nSPS) is 10.9. The minimum atomic E-state index is -0.469. The lowest BCUT2D eigenvalue weighted by atomic mass is 10.0. The van der Waals surface area contributed by atoms with E-state index in [4.69, 9.17) is 9.15 Å². The molecule has 1 heterocycles. The third-order valence-electron chi connectivity index (χ3n) is 3.42. The summed E-state index contributed by atoms with van der Waals surface area (Å²) in [5, 5.41) is 0. The van der Waals surface area contributed by atoms with Gasteiger partial charge < -0.3 is 9.15 Å². The molecule has 0 unspecified atom stereocenters. The highest BCUT2D eigenvalue weighted by Gasteiger charge is 2.10. The largest absolute Gasteiger partial charge is 0.483 e. The molecule has 0 aliphatic heterocycles. The Kier molecular flexibility index (Phi) is 6.39. The van der Waals surface area contributed by atoms with Gasteiger partial charge in [0.15, 0.2) is 6.61 Å². The van der Waals surface area contributed by atoms with Crippen molar-refractivity contribution in [1.29, 1.82) is 0 Å². The minimum Gasteiger partial charge on any atom is -0.483 e. The van der Waals surface area contributed by atoms with E-state index in [2.05, 4.69) is 24.7 Å². The quantitative estimate of drug-likeness (QED) is 0.625. The SMILES string of the molecule is Cc1ccc(C(C)C)c(OCC(=O)NNC(=O)C=Cc2ccco2)c1. The maximum atomic E-state index is 11.8. The van der Waals surface area contributed by atoms with Gasteiger partial charge >= 0.3 is 0 Å². The summed E-state index contributed by atoms with van der Waals surface area (Å²) < 4.78 is 10.7. The molecule has 132 valence electrons. The molecule has 6 nitrogen and oxygen atoms in total. The Labute approximate surface area is 146 Å². The topological polar surface area (TPSA) is 80.6 Å². The third-order valence-corrected chi connectivity index (χ3v) is 3.42. The molecule has 0 saturated heterocycles. The number of furan rings is 1. The summed E-state index contributed by atoms with van der Waals surface area (Å²) in [4.78, 5) is 23.4. The van der Waals surface area contributed by atoms with E-state index in [1.807, 2.05) is 25.1 Å². The Hall–Kier alpha value is -3.02. The van der Waals surface area contributed by atoms with Gasteiger partial charge in [0.2, 0.25) is 0 Å². The van der Waals surface area contributed by atoms with Gasteiger partial charge in [-0.1, -0.05) is 26.0 Å². The Morgan fingerprint density at radius 2 is 2.04 bits per heavy atom. The van der Waals surface area contributed by atoms with Gasteiger partial charge in [-0.05, 0) is 48.2 Å². The van der Waals surface area contributed by atoms with Crippen LogP contribution in [0.15, 0.2) is 47.1 Å². The number of carbonyl (C=O) groups is 2. The molecule has 1 aromatic carbocycles. The summed E-state index contributed by atoms with van der Waals surface area (Å²) in [5.41, 5.74) is 6.67. The van der Waals surface area contributed by atoms with Gasteiger partial charge in [0, 0.05) is 6.08 Å². The summed E-state index contributed by atoms with van der Waals surface area (Å²) in [6, 6.07) is 9.33. The van der Waals surface area contributed by atoms with Gasteiger partial charge in [-0.15, -0.1) is 0 Å². The first-order valence-corrected chi connectivity index (χ1v) is 7.99. The molecule has 2 amide bonds. The van der Waals surface area contributed by atoms with Crippen LogP contribution in [0.1, 0.15) is 36.7 Å². The first-order chi connectivity index (χ1) is 12.0. The standard InChI is InChI=1S/C19H22N2O4/c1-13(2)16-8-6-14(3)11-17(16)25-12-19(23)21-20-18(22)9-7-15-5-4-10-24-15/h4-11,13H,12H2,1-3H3,(H,20,22)(H,21,23). The number of amides is 2. The lowest BCUT2D eigenvalue weighted by Gasteiger charge is -2.14. The van der Waals surface area contributed by atoms with Crippen LogP contribution >= 0.6 is 0 Å². The maximum absolute atomic E-state index is 11.8. The van der Waals surface area contributed by atoms with E-state index >= 15 is 0 Å². The molecular weight excluding hydrogens is 320 g/mol. The Bertz CT molecular complexity index is 749. The Balaban J connectivity index is 1.81. The number of ether oxygens (including phenoxy) is 1. The van der Waals surface area contributed by atoms with Crippen molar-refractivity contribution < 1.29 is 18.7 Å². The van der Waals surface area contributed by atoms with E-state index in [0.717, 1.165) is 11.1 Å². The molecule has 2 N–H and O–H groups in total. The molecular formula is C19H22N2O4. The number of nitrogens with one attached hydrogen (secondary N) is 2. The molecule has 0 bridgehead atoms. The number of carbonyl (C=O) groups excluding carboxylic acids is 2. The predicted molar refractivity (Wildman–Crippen MR) is 94.8 cm³/mol. The molecule has 2 rings (SSSR count). The van der Waals surface area contributed by atoms with Crippen molar-refractivity contribution >= 4 is 17.9 Å². The molecule has 0 radical (unpaired) electrons. The average molecular weight is 342 g/mol. The van der Waals surface area contributed by atoms with E-state index in [1.165, 1.54) is 18.4 Å². The van der Waals surface area contributed by atoms with Crippen molar-refractivity contribution in [2.45, 2.75) is 26.7 Å². The molecule has 0 aliphatic rings. The van der Waals surface area contributed by atoms with Crippen molar-refractivity contribution in [3.63, 3.8) is 0 Å². The fraction of sp³-hybridized carbons (Fsp3) is 0.263. The predicted octanol–water partition coefficient (Wildman–Crippen LogP) is 2.95. The van der Waals surface area contributed by atoms with Gasteiger partial charge in [0.25, 0.3) is 11.8 Å². The number of benzene rings is 1. The van der Waals surface area contributed by atoms with E-state index < -0.39 is 11.8 Å². The second-order valence-corrected chi connectivity index (χ2v) is 5.87. The van der Waals surface area contributed by atoms with Crippen LogP contribution in [-0.4, -0.2) is 18.4 Å². The summed E-state index contributed by atoms with van der Waals surface area (Å²) >= 11 is 0. The highest BCUT2D eigenvalue weighted by atomic mass is 16.5. The van der Waals surface area contributed by atoms with Crippen LogP contribution in [0.4, 0.5) is 0 Å². The lowest BCUT2D eigenvalue weighted by Crippen LogP contribution is -2.43. The number of rotatable bonds is 6. The average Bonchev–Trinajstić information content (AvgIpc) is 3.09. The van der Waals surface area contributed by atoms with E-state index in [-0.39, 0.29) is 12.5 Å². The summed E-state index contributed by atoms with van der Waals surface area (Å²) in [6.07, 6.45) is 4.27. The molecule has 2 aromatic rings. The molecule has 0 fully saturated rings. The van der Waals surface area contributed by atoms with Crippen LogP contribution in [0.25, 0.3) is 6.08 Å². The zero-order chi connectivity index (χ0) is 18.2. The zero-order valence-electron chi connectivity index (χ0n) is 14.5. The van der Waals surface area contributed by atoms with Crippen LogP contribution in [0, 0.1) is 6.92 Å². The van der Waals surface area contributed by atoms with Gasteiger partial charge in [0.05, 0.1) is 6.26 Å². The lowest BCUT2D eigenvalue weighted by molar-refractivity contribution is -0.128.